The molecule has 9 aromatic carbocycles. The molecule has 0 amide bonds. The minimum Gasteiger partial charge on any atom is -0.310 e. The molecule has 0 atom stereocenters. The third-order valence-electron chi connectivity index (χ3n) is 12.8. The van der Waals surface area contributed by atoms with Gasteiger partial charge in [-0.05, 0) is 109 Å². The predicted molar refractivity (Wildman–Crippen MR) is 252 cm³/mol. The standard InChI is InChI=1S/C58H43NS/c1-57(2)53-26-13-14-27-55(53)60-56-39-48(36-37-54(56)57)59(46-19-7-4-8-20-46)47-21-15-18-43(38-47)42-30-34-45(35-31-42)58(44-32-28-41(29-33-44)40-16-5-3-6-17-40)51-24-11-9-22-49(51)50-23-10-12-25-52(50)58/h3-39H,1-2H3. The summed E-state index contributed by atoms with van der Waals surface area (Å²) in [5, 5.41) is 0. The van der Waals surface area contributed by atoms with Gasteiger partial charge in [-0.1, -0.05) is 208 Å². The van der Waals surface area contributed by atoms with Crippen LogP contribution in [-0.2, 0) is 10.8 Å². The van der Waals surface area contributed by atoms with Crippen LogP contribution in [0.15, 0.2) is 234 Å². The summed E-state index contributed by atoms with van der Waals surface area (Å²) < 4.78 is 0. The van der Waals surface area contributed by atoms with Crippen LogP contribution >= 0.6 is 11.8 Å². The van der Waals surface area contributed by atoms with E-state index in [1.165, 1.54) is 76.6 Å². The van der Waals surface area contributed by atoms with Crippen molar-refractivity contribution in [1.82, 2.24) is 0 Å². The molecule has 1 aliphatic carbocycles. The Morgan fingerprint density at radius 3 is 1.45 bits per heavy atom. The maximum atomic E-state index is 2.40. The summed E-state index contributed by atoms with van der Waals surface area (Å²) in [6.07, 6.45) is 0. The number of para-hydroxylation sites is 1. The molecule has 2 aliphatic rings. The van der Waals surface area contributed by atoms with Crippen molar-refractivity contribution in [1.29, 1.82) is 0 Å². The average molecular weight is 786 g/mol. The fraction of sp³-hybridized carbons (Fsp3) is 0.0690. The van der Waals surface area contributed by atoms with Crippen molar-refractivity contribution < 1.29 is 0 Å². The van der Waals surface area contributed by atoms with Gasteiger partial charge in [-0.2, -0.15) is 0 Å². The SMILES string of the molecule is CC1(C)c2ccccc2Sc2cc(N(c3ccccc3)c3cccc(-c4ccc(C5(c6ccc(-c7ccccc7)cc6)c6ccccc6-c6ccccc65)cc4)c3)ccc21. The summed E-state index contributed by atoms with van der Waals surface area (Å²) in [7, 11) is 0. The number of hydrogen-bond donors (Lipinski definition) is 0. The quantitative estimate of drug-likeness (QED) is 0.158. The molecular formula is C58H43NS. The smallest absolute Gasteiger partial charge is 0.0713 e. The minimum atomic E-state index is -0.466. The predicted octanol–water partition coefficient (Wildman–Crippen LogP) is 15.6. The molecule has 9 aromatic rings. The van der Waals surface area contributed by atoms with Crippen LogP contribution in [0.4, 0.5) is 17.1 Å². The van der Waals surface area contributed by atoms with E-state index >= 15 is 0 Å². The number of anilines is 3. The van der Waals surface area contributed by atoms with Gasteiger partial charge in [-0.15, -0.1) is 0 Å². The Labute approximate surface area is 357 Å². The number of fused-ring (bicyclic) bond motifs is 5. The van der Waals surface area contributed by atoms with Crippen molar-refractivity contribution in [3.8, 4) is 33.4 Å². The molecule has 0 saturated heterocycles. The maximum Gasteiger partial charge on any atom is 0.0713 e. The molecule has 60 heavy (non-hydrogen) atoms. The Morgan fingerprint density at radius 1 is 0.333 bits per heavy atom. The van der Waals surface area contributed by atoms with Crippen LogP contribution in [0, 0.1) is 0 Å². The third-order valence-corrected chi connectivity index (χ3v) is 14.0. The molecule has 1 aliphatic heterocycles. The summed E-state index contributed by atoms with van der Waals surface area (Å²) in [4.78, 5) is 5.04. The zero-order chi connectivity index (χ0) is 40.3. The highest BCUT2D eigenvalue weighted by molar-refractivity contribution is 7.99. The first-order valence-corrected chi connectivity index (χ1v) is 21.7. The van der Waals surface area contributed by atoms with Crippen molar-refractivity contribution in [3.05, 3.63) is 258 Å². The zero-order valence-electron chi connectivity index (χ0n) is 33.7. The van der Waals surface area contributed by atoms with E-state index in [1.807, 2.05) is 11.8 Å². The molecule has 0 N–H and O–H groups in total. The molecule has 0 saturated carbocycles. The van der Waals surface area contributed by atoms with Gasteiger partial charge in [-0.3, -0.25) is 0 Å². The molecule has 2 heteroatoms. The van der Waals surface area contributed by atoms with Crippen LogP contribution in [0.3, 0.4) is 0 Å². The molecule has 0 fully saturated rings. The summed E-state index contributed by atoms with van der Waals surface area (Å²) in [5.74, 6) is 0. The van der Waals surface area contributed by atoms with Gasteiger partial charge in [0, 0.05) is 32.3 Å². The van der Waals surface area contributed by atoms with Crippen LogP contribution in [-0.4, -0.2) is 0 Å². The van der Waals surface area contributed by atoms with Gasteiger partial charge in [0.1, 0.15) is 0 Å². The molecule has 286 valence electrons. The Hall–Kier alpha value is -6.87. The van der Waals surface area contributed by atoms with Gasteiger partial charge in [-0.25, -0.2) is 0 Å². The number of benzene rings is 9. The lowest BCUT2D eigenvalue weighted by Crippen LogP contribution is -2.28. The maximum absolute atomic E-state index is 2.40. The molecule has 1 nitrogen and oxygen atoms in total. The summed E-state index contributed by atoms with van der Waals surface area (Å²) in [6, 6.07) is 82.9. The molecule has 1 heterocycles. The molecule has 0 radical (unpaired) electrons. The number of rotatable bonds is 7. The fourth-order valence-corrected chi connectivity index (χ4v) is 11.3. The highest BCUT2D eigenvalue weighted by Crippen LogP contribution is 2.56. The topological polar surface area (TPSA) is 3.24 Å². The second kappa shape index (κ2) is 14.4. The first-order chi connectivity index (χ1) is 29.5. The summed E-state index contributed by atoms with van der Waals surface area (Å²) >= 11 is 1.88. The van der Waals surface area contributed by atoms with Gasteiger partial charge in [0.15, 0.2) is 0 Å². The van der Waals surface area contributed by atoms with E-state index < -0.39 is 5.41 Å². The van der Waals surface area contributed by atoms with Crippen LogP contribution in [0.2, 0.25) is 0 Å². The summed E-state index contributed by atoms with van der Waals surface area (Å²) in [5.41, 5.74) is 18.2. The molecular weight excluding hydrogens is 743 g/mol. The average Bonchev–Trinajstić information content (AvgIpc) is 3.61. The first-order valence-electron chi connectivity index (χ1n) is 20.8. The van der Waals surface area contributed by atoms with E-state index in [1.54, 1.807) is 0 Å². The molecule has 0 spiro atoms. The van der Waals surface area contributed by atoms with Crippen LogP contribution in [0.5, 0.6) is 0 Å². The normalized spacial score (nSPS) is 14.0. The van der Waals surface area contributed by atoms with E-state index in [0.717, 1.165) is 17.1 Å². The molecule has 0 aromatic heterocycles. The lowest BCUT2D eigenvalue weighted by Gasteiger charge is -2.35. The Balaban J connectivity index is 1.00. The van der Waals surface area contributed by atoms with Gasteiger partial charge in [0.25, 0.3) is 0 Å². The van der Waals surface area contributed by atoms with E-state index in [2.05, 4.69) is 243 Å². The second-order valence-corrected chi connectivity index (χ2v) is 17.6. The largest absolute Gasteiger partial charge is 0.310 e. The van der Waals surface area contributed by atoms with Crippen molar-refractivity contribution in [2.75, 3.05) is 4.90 Å². The van der Waals surface area contributed by atoms with Crippen molar-refractivity contribution in [2.24, 2.45) is 0 Å². The Morgan fingerprint density at radius 2 is 0.800 bits per heavy atom. The van der Waals surface area contributed by atoms with Crippen molar-refractivity contribution >= 4 is 28.8 Å². The highest BCUT2D eigenvalue weighted by atomic mass is 32.2. The first kappa shape index (κ1) is 36.2. The third kappa shape index (κ3) is 5.78. The lowest BCUT2D eigenvalue weighted by atomic mass is 9.67. The van der Waals surface area contributed by atoms with Gasteiger partial charge in [0.2, 0.25) is 0 Å². The number of hydrogen-bond acceptors (Lipinski definition) is 2. The van der Waals surface area contributed by atoms with E-state index in [9.17, 15) is 0 Å². The second-order valence-electron chi connectivity index (χ2n) is 16.5. The van der Waals surface area contributed by atoms with E-state index in [4.69, 9.17) is 0 Å². The fourth-order valence-electron chi connectivity index (χ4n) is 9.91. The summed E-state index contributed by atoms with van der Waals surface area (Å²) in [6.45, 7) is 4.70. The lowest BCUT2D eigenvalue weighted by molar-refractivity contribution is 0.607. The molecule has 0 unspecified atom stereocenters. The zero-order valence-corrected chi connectivity index (χ0v) is 34.5. The van der Waals surface area contributed by atoms with Gasteiger partial charge >= 0.3 is 0 Å². The van der Waals surface area contributed by atoms with E-state index in [-0.39, 0.29) is 5.41 Å². The highest BCUT2D eigenvalue weighted by Gasteiger charge is 2.46. The van der Waals surface area contributed by atoms with Crippen LogP contribution in [0.25, 0.3) is 33.4 Å². The van der Waals surface area contributed by atoms with Crippen molar-refractivity contribution in [3.63, 3.8) is 0 Å². The molecule has 11 rings (SSSR count). The Bertz CT molecular complexity index is 2970. The van der Waals surface area contributed by atoms with Gasteiger partial charge < -0.3 is 4.90 Å². The molecule has 0 bridgehead atoms. The van der Waals surface area contributed by atoms with Gasteiger partial charge in [0.05, 0.1) is 5.41 Å². The van der Waals surface area contributed by atoms with Crippen LogP contribution in [0.1, 0.15) is 47.2 Å². The minimum absolute atomic E-state index is 0.0772. The monoisotopic (exact) mass is 785 g/mol. The Kier molecular flexibility index (Phi) is 8.72. The number of nitrogens with zero attached hydrogens (tertiary/aromatic N) is 1. The van der Waals surface area contributed by atoms with E-state index in [0.29, 0.717) is 0 Å². The van der Waals surface area contributed by atoms with Crippen molar-refractivity contribution in [2.45, 2.75) is 34.5 Å². The van der Waals surface area contributed by atoms with Crippen LogP contribution < -0.4 is 4.90 Å².